The molecule has 0 atom stereocenters. The van der Waals surface area contributed by atoms with Crippen LogP contribution in [0.1, 0.15) is 71.1 Å². The van der Waals surface area contributed by atoms with Crippen molar-refractivity contribution >= 4 is 49.3 Å². The number of nitrogens with one attached hydrogen (secondary N) is 1. The van der Waals surface area contributed by atoms with Crippen LogP contribution in [0, 0.1) is 0 Å². The number of fused-ring (bicyclic) bond motifs is 1. The Morgan fingerprint density at radius 2 is 1.08 bits per heavy atom. The third kappa shape index (κ3) is 18.9. The average molecular weight is 601 g/mol. The van der Waals surface area contributed by atoms with E-state index >= 15 is 0 Å². The van der Waals surface area contributed by atoms with E-state index in [-0.39, 0.29) is 0 Å². The molecule has 5 heteroatoms. The summed E-state index contributed by atoms with van der Waals surface area (Å²) in [5.41, 5.74) is 7.00. The summed E-state index contributed by atoms with van der Waals surface area (Å²) in [5, 5.41) is 5.46. The monoisotopic (exact) mass is 599 g/mol. The standard InChI is InChI=1S/C12H26N.C12H10Si.C9H7.2ClH.Ti/c1-2-3-4-5-6-7-8-9-10-11-12-13;1-3-7-11(8-4-1)13-12-9-5-2-6-10-12;1-2-5-9-7-3-6-8(9)4-1;;;/h13H,2-12H2,1H3;1-10H;1-7H;2*1H;/q-1;;-1;;;+2/p-2. The summed E-state index contributed by atoms with van der Waals surface area (Å²) < 4.78 is 0. The van der Waals surface area contributed by atoms with Gasteiger partial charge in [-0.15, -0.1) is 29.7 Å². The zero-order chi connectivity index (χ0) is 27.5. The van der Waals surface area contributed by atoms with Gasteiger partial charge < -0.3 is 5.73 Å². The molecule has 0 aliphatic carbocycles. The molecule has 4 aromatic carbocycles. The summed E-state index contributed by atoms with van der Waals surface area (Å²) in [7, 11) is 10.6. The van der Waals surface area contributed by atoms with Crippen LogP contribution in [0.5, 0.6) is 0 Å². The van der Waals surface area contributed by atoms with Gasteiger partial charge in [0.15, 0.2) is 0 Å². The van der Waals surface area contributed by atoms with Gasteiger partial charge in [0, 0.05) is 0 Å². The van der Waals surface area contributed by atoms with Crippen LogP contribution < -0.4 is 10.4 Å². The largest absolute Gasteiger partial charge is 0.168 e. The van der Waals surface area contributed by atoms with E-state index in [1.165, 1.54) is 78.9 Å². The van der Waals surface area contributed by atoms with Gasteiger partial charge >= 0.3 is 35.6 Å². The minimum atomic E-state index is -0.556. The molecule has 0 saturated heterocycles. The minimum Gasteiger partial charge on any atom is -0.168 e. The Bertz CT molecular complexity index is 933. The SMILES string of the molecule is CCCCCCCCCCCC[NH-].[Cl][Ti][Cl].c1ccc([Si]c2ccccc2)cc1.c1ccc2[cH-]ccc2c1. The number of rotatable bonds is 12. The molecule has 0 bridgehead atoms. The molecule has 0 heterocycles. The second kappa shape index (κ2) is 26.0. The molecule has 0 saturated carbocycles. The fourth-order valence-electron chi connectivity index (χ4n) is 3.89. The Morgan fingerprint density at radius 1 is 0.632 bits per heavy atom. The fourth-order valence-corrected chi connectivity index (χ4v) is 4.94. The van der Waals surface area contributed by atoms with Crippen molar-refractivity contribution in [1.29, 1.82) is 0 Å². The number of hydrogen-bond acceptors (Lipinski definition) is 0. The Morgan fingerprint density at radius 3 is 1.55 bits per heavy atom. The molecule has 1 nitrogen and oxygen atoms in total. The van der Waals surface area contributed by atoms with Crippen molar-refractivity contribution < 1.29 is 17.0 Å². The maximum Gasteiger partial charge on any atom is 0.121 e. The van der Waals surface area contributed by atoms with Crippen LogP contribution in [0.4, 0.5) is 0 Å². The predicted octanol–water partition coefficient (Wildman–Crippen LogP) is 10.2. The van der Waals surface area contributed by atoms with Crippen LogP contribution in [0.2, 0.25) is 0 Å². The van der Waals surface area contributed by atoms with E-state index in [1.807, 2.05) is 0 Å². The molecule has 0 fully saturated rings. The molecule has 4 rings (SSSR count). The van der Waals surface area contributed by atoms with Gasteiger partial charge in [0.05, 0.1) is 0 Å². The van der Waals surface area contributed by atoms with Gasteiger partial charge in [0.1, 0.15) is 9.52 Å². The number of benzene rings is 3. The number of unbranched alkanes of at least 4 members (excludes halogenated alkanes) is 9. The molecule has 0 amide bonds. The Labute approximate surface area is 251 Å². The molecule has 0 aromatic heterocycles. The van der Waals surface area contributed by atoms with Crippen LogP contribution in [0.25, 0.3) is 16.5 Å². The van der Waals surface area contributed by atoms with Crippen molar-refractivity contribution in [3.05, 3.63) is 109 Å². The average Bonchev–Trinajstić information content (AvgIpc) is 3.44. The molecular formula is C33H43Cl2NSiTi-2. The van der Waals surface area contributed by atoms with Crippen LogP contribution >= 0.6 is 18.6 Å². The Hall–Kier alpha value is -1.26. The molecule has 38 heavy (non-hydrogen) atoms. The van der Waals surface area contributed by atoms with E-state index in [9.17, 15) is 0 Å². The third-order valence-corrected chi connectivity index (χ3v) is 7.16. The zero-order valence-electron chi connectivity index (χ0n) is 22.8. The summed E-state index contributed by atoms with van der Waals surface area (Å²) in [6, 6.07) is 35.8. The van der Waals surface area contributed by atoms with Crippen molar-refractivity contribution in [2.45, 2.75) is 71.1 Å². The molecule has 0 spiro atoms. The van der Waals surface area contributed by atoms with Crippen LogP contribution in [0.15, 0.2) is 103 Å². The summed E-state index contributed by atoms with van der Waals surface area (Å²) in [6.45, 7) is 2.89. The van der Waals surface area contributed by atoms with E-state index in [1.54, 1.807) is 0 Å². The Balaban J connectivity index is 0.000000274. The Kier molecular flexibility index (Phi) is 23.8. The van der Waals surface area contributed by atoms with Gasteiger partial charge in [-0.1, -0.05) is 148 Å². The molecule has 4 aromatic rings. The van der Waals surface area contributed by atoms with Crippen molar-refractivity contribution in [1.82, 2.24) is 0 Å². The molecular weight excluding hydrogens is 557 g/mol. The van der Waals surface area contributed by atoms with E-state index in [2.05, 4.69) is 110 Å². The minimum absolute atomic E-state index is 0.556. The van der Waals surface area contributed by atoms with Crippen molar-refractivity contribution in [2.75, 3.05) is 6.54 Å². The van der Waals surface area contributed by atoms with Crippen LogP contribution in [-0.4, -0.2) is 16.1 Å². The number of halogens is 2. The van der Waals surface area contributed by atoms with Crippen LogP contribution in [-0.2, 0) is 17.0 Å². The van der Waals surface area contributed by atoms with E-state index in [4.69, 9.17) is 24.3 Å². The second-order valence-electron chi connectivity index (χ2n) is 9.02. The predicted molar refractivity (Wildman–Crippen MR) is 170 cm³/mol. The fraction of sp³-hybridized carbons (Fsp3) is 0.364. The molecule has 2 radical (unpaired) electrons. The molecule has 204 valence electrons. The first-order chi connectivity index (χ1) is 18.7. The van der Waals surface area contributed by atoms with Gasteiger partial charge in [-0.3, -0.25) is 0 Å². The van der Waals surface area contributed by atoms with Crippen molar-refractivity contribution in [3.63, 3.8) is 0 Å². The van der Waals surface area contributed by atoms with E-state index in [0.29, 0.717) is 6.54 Å². The first-order valence-corrected chi connectivity index (χ1v) is 19.1. The molecule has 0 aliphatic rings. The first kappa shape index (κ1) is 34.8. The van der Waals surface area contributed by atoms with Gasteiger partial charge in [0.25, 0.3) is 0 Å². The van der Waals surface area contributed by atoms with Gasteiger partial charge in [0.2, 0.25) is 0 Å². The summed E-state index contributed by atoms with van der Waals surface area (Å²) >= 11 is -0.556. The molecule has 1 N–H and O–H groups in total. The summed E-state index contributed by atoms with van der Waals surface area (Å²) in [4.78, 5) is 0. The van der Waals surface area contributed by atoms with Crippen molar-refractivity contribution in [3.8, 4) is 0 Å². The van der Waals surface area contributed by atoms with E-state index < -0.39 is 17.0 Å². The third-order valence-electron chi connectivity index (χ3n) is 5.91. The maximum absolute atomic E-state index is 7.00. The zero-order valence-corrected chi connectivity index (χ0v) is 26.9. The van der Waals surface area contributed by atoms with Crippen molar-refractivity contribution in [2.24, 2.45) is 0 Å². The molecule has 0 aliphatic heterocycles. The maximum atomic E-state index is 7.00. The summed E-state index contributed by atoms with van der Waals surface area (Å²) in [5.74, 6) is 0. The van der Waals surface area contributed by atoms with Gasteiger partial charge in [-0.2, -0.15) is 24.1 Å². The van der Waals surface area contributed by atoms with Crippen LogP contribution in [0.3, 0.4) is 0 Å². The second-order valence-corrected chi connectivity index (χ2v) is 13.0. The normalized spacial score (nSPS) is 9.79. The topological polar surface area (TPSA) is 23.8 Å². The number of hydrogen-bond donors (Lipinski definition) is 0. The smallest absolute Gasteiger partial charge is 0.121 e. The quantitative estimate of drug-likeness (QED) is 0.0878. The van der Waals surface area contributed by atoms with Gasteiger partial charge in [-0.25, -0.2) is 0 Å². The summed E-state index contributed by atoms with van der Waals surface area (Å²) in [6.07, 6.45) is 13.6. The van der Waals surface area contributed by atoms with Gasteiger partial charge in [-0.05, 0) is 0 Å². The molecule has 0 unspecified atom stereocenters. The van der Waals surface area contributed by atoms with E-state index in [0.717, 1.165) is 15.9 Å². The first-order valence-electron chi connectivity index (χ1n) is 13.8.